The summed E-state index contributed by atoms with van der Waals surface area (Å²) in [7, 11) is -3.49. The number of benzene rings is 1. The molecule has 0 saturated carbocycles. The Morgan fingerprint density at radius 2 is 1.93 bits per heavy atom. The summed E-state index contributed by atoms with van der Waals surface area (Å²) < 4.78 is 26.9. The molecule has 1 aliphatic carbocycles. The Morgan fingerprint density at radius 3 is 2.57 bits per heavy atom. The van der Waals surface area contributed by atoms with Gasteiger partial charge in [0.2, 0.25) is 15.9 Å². The Morgan fingerprint density at radius 1 is 1.18 bits per heavy atom. The highest BCUT2D eigenvalue weighted by atomic mass is 35.5. The second-order valence-electron chi connectivity index (χ2n) is 7.49. The molecule has 1 heterocycles. The fraction of sp³-hybridized carbons (Fsp3) is 0.550. The van der Waals surface area contributed by atoms with E-state index in [1.54, 1.807) is 18.2 Å². The third-order valence-corrected chi connectivity index (χ3v) is 7.86. The number of carbonyl (C=O) groups is 1. The summed E-state index contributed by atoms with van der Waals surface area (Å²) in [6.45, 7) is 1.33. The Kier molecular flexibility index (Phi) is 7.42. The van der Waals surface area contributed by atoms with Gasteiger partial charge in [-0.05, 0) is 56.2 Å². The second kappa shape index (κ2) is 9.61. The number of amides is 1. The van der Waals surface area contributed by atoms with Crippen LogP contribution in [-0.2, 0) is 20.6 Å². The lowest BCUT2D eigenvalue weighted by molar-refractivity contribution is -0.125. The molecule has 1 saturated heterocycles. The van der Waals surface area contributed by atoms with Gasteiger partial charge in [-0.3, -0.25) is 4.79 Å². The lowest BCUT2D eigenvalue weighted by Crippen LogP contribution is -2.43. The number of nitrogens with zero attached hydrogens (tertiary/aromatic N) is 1. The molecule has 0 unspecified atom stereocenters. The van der Waals surface area contributed by atoms with E-state index in [-0.39, 0.29) is 17.6 Å². The van der Waals surface area contributed by atoms with Crippen LogP contribution < -0.4 is 5.32 Å². The molecule has 3 rings (SSSR count). The normalized spacial score (nSPS) is 19.3. The molecule has 1 N–H and O–H groups in total. The standard InChI is InChI=1S/C20H26Cl2N2O3S/c21-18-7-6-17(19(22)12-18)14-28(26,27)24-10-8-16(9-11-24)20(25)23-13-15-4-2-1-3-5-15/h4,6-7,12,16H,1-3,5,8-11,13-14H2,(H,23,25). The molecule has 0 atom stereocenters. The molecule has 0 aromatic heterocycles. The van der Waals surface area contributed by atoms with Gasteiger partial charge in [-0.15, -0.1) is 0 Å². The van der Waals surface area contributed by atoms with Crippen LogP contribution in [0.5, 0.6) is 0 Å². The van der Waals surface area contributed by atoms with Crippen molar-refractivity contribution in [3.63, 3.8) is 0 Å². The van der Waals surface area contributed by atoms with Crippen LogP contribution in [0.2, 0.25) is 10.0 Å². The maximum absolute atomic E-state index is 12.7. The number of nitrogens with one attached hydrogen (secondary N) is 1. The topological polar surface area (TPSA) is 66.5 Å². The number of piperidine rings is 1. The quantitative estimate of drug-likeness (QED) is 0.669. The predicted octanol–water partition coefficient (Wildman–Crippen LogP) is 4.15. The molecule has 154 valence electrons. The second-order valence-corrected chi connectivity index (χ2v) is 10.3. The van der Waals surface area contributed by atoms with Crippen molar-refractivity contribution in [3.8, 4) is 0 Å². The molecule has 1 aliphatic heterocycles. The van der Waals surface area contributed by atoms with Crippen LogP contribution in [0, 0.1) is 5.92 Å². The minimum Gasteiger partial charge on any atom is -0.352 e. The summed E-state index contributed by atoms with van der Waals surface area (Å²) in [6, 6.07) is 4.82. The van der Waals surface area contributed by atoms with Gasteiger partial charge in [0, 0.05) is 35.6 Å². The average molecular weight is 445 g/mol. The zero-order valence-electron chi connectivity index (χ0n) is 15.8. The van der Waals surface area contributed by atoms with Gasteiger partial charge < -0.3 is 5.32 Å². The maximum atomic E-state index is 12.7. The number of carbonyl (C=O) groups excluding carboxylic acids is 1. The van der Waals surface area contributed by atoms with Gasteiger partial charge in [-0.1, -0.05) is 40.9 Å². The first kappa shape index (κ1) is 21.6. The van der Waals surface area contributed by atoms with Crippen LogP contribution in [0.1, 0.15) is 44.1 Å². The SMILES string of the molecule is O=C(NCC1=CCCCC1)C1CCN(S(=O)(=O)Cc2ccc(Cl)cc2Cl)CC1. The van der Waals surface area contributed by atoms with Crippen molar-refractivity contribution >= 4 is 39.1 Å². The van der Waals surface area contributed by atoms with Crippen LogP contribution in [0.25, 0.3) is 0 Å². The summed E-state index contributed by atoms with van der Waals surface area (Å²) in [5.41, 5.74) is 1.84. The van der Waals surface area contributed by atoms with Crippen molar-refractivity contribution in [1.82, 2.24) is 9.62 Å². The Bertz CT molecular complexity index is 847. The van der Waals surface area contributed by atoms with Crippen molar-refractivity contribution in [2.24, 2.45) is 5.92 Å². The van der Waals surface area contributed by atoms with E-state index in [1.807, 2.05) is 0 Å². The van der Waals surface area contributed by atoms with E-state index >= 15 is 0 Å². The maximum Gasteiger partial charge on any atom is 0.223 e. The molecule has 1 amide bonds. The van der Waals surface area contributed by atoms with Crippen LogP contribution >= 0.6 is 23.2 Å². The van der Waals surface area contributed by atoms with Crippen LogP contribution in [0.15, 0.2) is 29.8 Å². The molecule has 1 fully saturated rings. The summed E-state index contributed by atoms with van der Waals surface area (Å²) >= 11 is 12.0. The molecule has 2 aliphatic rings. The number of halogens is 2. The number of hydrogen-bond donors (Lipinski definition) is 1. The number of allylic oxidation sites excluding steroid dienone is 1. The molecule has 0 radical (unpaired) electrons. The van der Waals surface area contributed by atoms with Gasteiger partial charge in [0.15, 0.2) is 0 Å². The largest absolute Gasteiger partial charge is 0.352 e. The highest BCUT2D eigenvalue weighted by Gasteiger charge is 2.31. The van der Waals surface area contributed by atoms with E-state index in [0.717, 1.165) is 12.8 Å². The Balaban J connectivity index is 1.50. The van der Waals surface area contributed by atoms with Crippen LogP contribution in [0.4, 0.5) is 0 Å². The summed E-state index contributed by atoms with van der Waals surface area (Å²) in [5, 5.41) is 3.85. The monoisotopic (exact) mass is 444 g/mol. The van der Waals surface area contributed by atoms with Crippen molar-refractivity contribution in [1.29, 1.82) is 0 Å². The third-order valence-electron chi connectivity index (χ3n) is 5.45. The molecule has 1 aromatic carbocycles. The first-order chi connectivity index (χ1) is 13.3. The third kappa shape index (κ3) is 5.72. The molecule has 0 bridgehead atoms. The Hall–Kier alpha value is -1.08. The van der Waals surface area contributed by atoms with Crippen molar-refractivity contribution < 1.29 is 13.2 Å². The average Bonchev–Trinajstić information content (AvgIpc) is 2.69. The lowest BCUT2D eigenvalue weighted by atomic mass is 9.96. The summed E-state index contributed by atoms with van der Waals surface area (Å²) in [4.78, 5) is 12.4. The molecule has 28 heavy (non-hydrogen) atoms. The zero-order valence-corrected chi connectivity index (χ0v) is 18.1. The number of sulfonamides is 1. The lowest BCUT2D eigenvalue weighted by Gasteiger charge is -2.30. The van der Waals surface area contributed by atoms with E-state index in [0.29, 0.717) is 48.1 Å². The first-order valence-electron chi connectivity index (χ1n) is 9.72. The molecule has 5 nitrogen and oxygen atoms in total. The van der Waals surface area contributed by atoms with Crippen LogP contribution in [-0.4, -0.2) is 38.3 Å². The van der Waals surface area contributed by atoms with Gasteiger partial charge >= 0.3 is 0 Å². The fourth-order valence-corrected chi connectivity index (χ4v) is 5.88. The summed E-state index contributed by atoms with van der Waals surface area (Å²) in [5.74, 6) is -0.257. The van der Waals surface area contributed by atoms with Crippen molar-refractivity contribution in [2.45, 2.75) is 44.3 Å². The van der Waals surface area contributed by atoms with E-state index in [1.165, 1.54) is 22.7 Å². The molecule has 1 aromatic rings. The van der Waals surface area contributed by atoms with Gasteiger partial charge in [0.05, 0.1) is 5.75 Å². The molecular formula is C20H26Cl2N2O3S. The van der Waals surface area contributed by atoms with E-state index in [2.05, 4.69) is 11.4 Å². The molecular weight excluding hydrogens is 419 g/mol. The van der Waals surface area contributed by atoms with E-state index < -0.39 is 10.0 Å². The highest BCUT2D eigenvalue weighted by Crippen LogP contribution is 2.26. The fourth-order valence-electron chi connectivity index (χ4n) is 3.73. The number of hydrogen-bond acceptors (Lipinski definition) is 3. The predicted molar refractivity (Wildman–Crippen MR) is 113 cm³/mol. The van der Waals surface area contributed by atoms with E-state index in [4.69, 9.17) is 23.2 Å². The zero-order chi connectivity index (χ0) is 20.1. The van der Waals surface area contributed by atoms with E-state index in [9.17, 15) is 13.2 Å². The van der Waals surface area contributed by atoms with Crippen LogP contribution in [0.3, 0.4) is 0 Å². The van der Waals surface area contributed by atoms with Gasteiger partial charge in [-0.2, -0.15) is 0 Å². The minimum absolute atomic E-state index is 0.0317. The van der Waals surface area contributed by atoms with Crippen molar-refractivity contribution in [3.05, 3.63) is 45.5 Å². The highest BCUT2D eigenvalue weighted by molar-refractivity contribution is 7.88. The van der Waals surface area contributed by atoms with Gasteiger partial charge in [-0.25, -0.2) is 12.7 Å². The minimum atomic E-state index is -3.49. The molecule has 8 heteroatoms. The van der Waals surface area contributed by atoms with Gasteiger partial charge in [0.1, 0.15) is 0 Å². The number of rotatable bonds is 6. The first-order valence-corrected chi connectivity index (χ1v) is 12.1. The Labute approximate surface area is 177 Å². The van der Waals surface area contributed by atoms with Gasteiger partial charge in [0.25, 0.3) is 0 Å². The molecule has 0 spiro atoms. The smallest absolute Gasteiger partial charge is 0.223 e. The van der Waals surface area contributed by atoms with Crippen molar-refractivity contribution in [2.75, 3.05) is 19.6 Å². The summed E-state index contributed by atoms with van der Waals surface area (Å²) in [6.07, 6.45) is 7.88.